The standard InChI is InChI=1S/C79H154O17P2/c1-8-10-11-12-13-14-15-27-33-40-48-55-62-78(83)96-75(67-90-77(82)61-54-47-42-35-37-44-51-58-71(5)6)69-94-98(87,88)92-65-73(80)64-91-97(85,86)93-68-74(95-79(84)63-56-49-41-34-29-24-18-16-17-21-25-30-36-43-50-57-70(3)4)66-89-76(81)60-53-46-39-32-28-23-20-19-22-26-31-38-45-52-59-72(7)9-2/h70-75,80H,8-69H2,1-7H3,(H,85,86)(H,87,88)/t72?,73-,74-,75-/m1/s1. The summed E-state index contributed by atoms with van der Waals surface area (Å²) in [4.78, 5) is 72.9. The largest absolute Gasteiger partial charge is 0.472 e. The minimum atomic E-state index is -4.96. The van der Waals surface area contributed by atoms with Crippen LogP contribution in [0.3, 0.4) is 0 Å². The maximum absolute atomic E-state index is 13.1. The number of phosphoric ester groups is 2. The number of rotatable bonds is 77. The summed E-state index contributed by atoms with van der Waals surface area (Å²) in [6.45, 7) is 11.9. The molecule has 0 radical (unpaired) electrons. The summed E-state index contributed by atoms with van der Waals surface area (Å²) >= 11 is 0. The SMILES string of the molecule is CCCCCCCCCCCCCCC(=O)O[C@H](COC(=O)CCCCCCCCCC(C)C)COP(=O)(O)OC[C@H](O)COP(=O)(O)OC[C@@H](COC(=O)CCCCCCCCCCCCCCCCC(C)CC)OC(=O)CCCCCCCCCCCCCCCCCC(C)C. The van der Waals surface area contributed by atoms with Crippen LogP contribution in [0.1, 0.15) is 408 Å². The summed E-state index contributed by atoms with van der Waals surface area (Å²) in [5.41, 5.74) is 0. The van der Waals surface area contributed by atoms with Crippen molar-refractivity contribution in [1.82, 2.24) is 0 Å². The third-order valence-electron chi connectivity index (χ3n) is 18.7. The molecule has 98 heavy (non-hydrogen) atoms. The first-order valence-corrected chi connectivity index (χ1v) is 43.9. The molecule has 17 nitrogen and oxygen atoms in total. The third-order valence-corrected chi connectivity index (χ3v) is 20.6. The predicted molar refractivity (Wildman–Crippen MR) is 400 cm³/mol. The molecule has 3 N–H and O–H groups in total. The fourth-order valence-electron chi connectivity index (χ4n) is 12.1. The van der Waals surface area contributed by atoms with Gasteiger partial charge in [-0.3, -0.25) is 37.3 Å². The van der Waals surface area contributed by atoms with Crippen LogP contribution in [0.2, 0.25) is 0 Å². The molecule has 3 unspecified atom stereocenters. The number of aliphatic hydroxyl groups is 1. The zero-order chi connectivity index (χ0) is 72.3. The van der Waals surface area contributed by atoms with Crippen LogP contribution >= 0.6 is 15.6 Å². The molecule has 0 aromatic carbocycles. The molecule has 0 heterocycles. The Kier molecular flexibility index (Phi) is 68.1. The van der Waals surface area contributed by atoms with Crippen LogP contribution < -0.4 is 0 Å². The van der Waals surface area contributed by atoms with E-state index < -0.39 is 97.5 Å². The highest BCUT2D eigenvalue weighted by atomic mass is 31.2. The van der Waals surface area contributed by atoms with E-state index in [4.69, 9.17) is 37.0 Å². The molecule has 0 aliphatic carbocycles. The molecule has 0 aliphatic rings. The zero-order valence-corrected chi connectivity index (χ0v) is 66.0. The lowest BCUT2D eigenvalue weighted by molar-refractivity contribution is -0.161. The average molecular weight is 1440 g/mol. The fourth-order valence-corrected chi connectivity index (χ4v) is 13.7. The number of hydrogen-bond acceptors (Lipinski definition) is 15. The van der Waals surface area contributed by atoms with Gasteiger partial charge in [0.2, 0.25) is 0 Å². The third kappa shape index (κ3) is 71.1. The molecule has 0 spiro atoms. The topological polar surface area (TPSA) is 237 Å². The summed E-state index contributed by atoms with van der Waals surface area (Å²) in [7, 11) is -9.92. The van der Waals surface area contributed by atoms with Crippen LogP contribution in [0.5, 0.6) is 0 Å². The molecule has 0 bridgehead atoms. The van der Waals surface area contributed by atoms with E-state index in [1.165, 1.54) is 212 Å². The van der Waals surface area contributed by atoms with Crippen molar-refractivity contribution >= 4 is 39.5 Å². The quantitative estimate of drug-likeness (QED) is 0.0222. The van der Waals surface area contributed by atoms with Gasteiger partial charge < -0.3 is 33.8 Å². The summed E-state index contributed by atoms with van der Waals surface area (Å²) in [5, 5.41) is 10.6. The van der Waals surface area contributed by atoms with Gasteiger partial charge in [-0.2, -0.15) is 0 Å². The Morgan fingerprint density at radius 1 is 0.296 bits per heavy atom. The molecule has 19 heteroatoms. The molecular weight excluding hydrogens is 1280 g/mol. The second-order valence-corrected chi connectivity index (χ2v) is 32.6. The molecular formula is C79H154O17P2. The molecule has 0 fully saturated rings. The Bertz CT molecular complexity index is 1910. The van der Waals surface area contributed by atoms with Crippen molar-refractivity contribution in [3.63, 3.8) is 0 Å². The van der Waals surface area contributed by atoms with Crippen LogP contribution in [0.15, 0.2) is 0 Å². The Balaban J connectivity index is 5.24. The van der Waals surface area contributed by atoms with Gasteiger partial charge in [0, 0.05) is 25.7 Å². The minimum absolute atomic E-state index is 0.106. The van der Waals surface area contributed by atoms with Gasteiger partial charge >= 0.3 is 39.5 Å². The molecule has 0 aromatic rings. The number of aliphatic hydroxyl groups excluding tert-OH is 1. The molecule has 582 valence electrons. The lowest BCUT2D eigenvalue weighted by Crippen LogP contribution is -2.30. The van der Waals surface area contributed by atoms with Crippen molar-refractivity contribution in [1.29, 1.82) is 0 Å². The van der Waals surface area contributed by atoms with Crippen LogP contribution in [0.4, 0.5) is 0 Å². The highest BCUT2D eigenvalue weighted by Crippen LogP contribution is 2.45. The average Bonchev–Trinajstić information content (AvgIpc) is 1.07. The number of carbonyl (C=O) groups excluding carboxylic acids is 4. The summed E-state index contributed by atoms with van der Waals surface area (Å²) in [5.74, 6) is 0.244. The van der Waals surface area contributed by atoms with Crippen molar-refractivity contribution in [2.75, 3.05) is 39.6 Å². The van der Waals surface area contributed by atoms with Crippen LogP contribution in [0, 0.1) is 17.8 Å². The normalized spacial score (nSPS) is 14.3. The van der Waals surface area contributed by atoms with Crippen molar-refractivity contribution < 1.29 is 80.2 Å². The maximum atomic E-state index is 13.1. The fraction of sp³-hybridized carbons (Fsp3) is 0.949. The van der Waals surface area contributed by atoms with E-state index in [1.807, 2.05) is 0 Å². The molecule has 0 amide bonds. The van der Waals surface area contributed by atoms with Gasteiger partial charge in [0.15, 0.2) is 12.2 Å². The van der Waals surface area contributed by atoms with Crippen molar-refractivity contribution in [3.05, 3.63) is 0 Å². The van der Waals surface area contributed by atoms with Gasteiger partial charge in [-0.05, 0) is 43.4 Å². The van der Waals surface area contributed by atoms with Gasteiger partial charge in [-0.1, -0.05) is 357 Å². The van der Waals surface area contributed by atoms with Crippen molar-refractivity contribution in [2.24, 2.45) is 17.8 Å². The van der Waals surface area contributed by atoms with E-state index in [2.05, 4.69) is 48.5 Å². The lowest BCUT2D eigenvalue weighted by Gasteiger charge is -2.21. The van der Waals surface area contributed by atoms with Gasteiger partial charge in [0.25, 0.3) is 0 Å². The summed E-state index contributed by atoms with van der Waals surface area (Å²) in [6.07, 6.45) is 56.8. The van der Waals surface area contributed by atoms with E-state index in [1.54, 1.807) is 0 Å². The number of ether oxygens (including phenoxy) is 4. The number of phosphoric acid groups is 2. The Morgan fingerprint density at radius 2 is 0.520 bits per heavy atom. The first-order chi connectivity index (χ1) is 47.3. The van der Waals surface area contributed by atoms with E-state index in [0.29, 0.717) is 31.6 Å². The van der Waals surface area contributed by atoms with Crippen LogP contribution in [0.25, 0.3) is 0 Å². The second kappa shape index (κ2) is 69.4. The minimum Gasteiger partial charge on any atom is -0.462 e. The van der Waals surface area contributed by atoms with Crippen LogP contribution in [-0.4, -0.2) is 96.7 Å². The van der Waals surface area contributed by atoms with Crippen molar-refractivity contribution in [3.8, 4) is 0 Å². The first kappa shape index (κ1) is 96.1. The Labute approximate surface area is 600 Å². The lowest BCUT2D eigenvalue weighted by atomic mass is 9.99. The highest BCUT2D eigenvalue weighted by molar-refractivity contribution is 7.47. The second-order valence-electron chi connectivity index (χ2n) is 29.6. The summed E-state index contributed by atoms with van der Waals surface area (Å²) in [6, 6.07) is 0. The number of unbranched alkanes of at least 4 members (excludes halogenated alkanes) is 44. The molecule has 0 rings (SSSR count). The van der Waals surface area contributed by atoms with Gasteiger partial charge in [-0.15, -0.1) is 0 Å². The smallest absolute Gasteiger partial charge is 0.462 e. The van der Waals surface area contributed by atoms with Gasteiger partial charge in [-0.25, -0.2) is 9.13 Å². The van der Waals surface area contributed by atoms with Gasteiger partial charge in [0.1, 0.15) is 19.3 Å². The predicted octanol–water partition coefficient (Wildman–Crippen LogP) is 23.4. The number of hydrogen-bond donors (Lipinski definition) is 3. The first-order valence-electron chi connectivity index (χ1n) is 40.9. The molecule has 0 aromatic heterocycles. The molecule has 0 aliphatic heterocycles. The zero-order valence-electron chi connectivity index (χ0n) is 64.3. The van der Waals surface area contributed by atoms with Crippen molar-refractivity contribution in [2.45, 2.75) is 426 Å². The molecule has 6 atom stereocenters. The van der Waals surface area contributed by atoms with E-state index in [9.17, 15) is 43.2 Å². The maximum Gasteiger partial charge on any atom is 0.472 e. The van der Waals surface area contributed by atoms with Crippen LogP contribution in [-0.2, 0) is 65.4 Å². The Hall–Kier alpha value is -1.94. The molecule has 0 saturated heterocycles. The highest BCUT2D eigenvalue weighted by Gasteiger charge is 2.30. The van der Waals surface area contributed by atoms with Gasteiger partial charge in [0.05, 0.1) is 26.4 Å². The Morgan fingerprint density at radius 3 is 0.776 bits per heavy atom. The monoisotopic (exact) mass is 1440 g/mol. The van der Waals surface area contributed by atoms with E-state index in [-0.39, 0.29) is 25.7 Å². The van der Waals surface area contributed by atoms with E-state index >= 15 is 0 Å². The molecule has 0 saturated carbocycles. The number of carbonyl (C=O) groups is 4. The van der Waals surface area contributed by atoms with E-state index in [0.717, 1.165) is 108 Å². The summed E-state index contributed by atoms with van der Waals surface area (Å²) < 4.78 is 68.6. The number of esters is 4.